The summed E-state index contributed by atoms with van der Waals surface area (Å²) in [6, 6.07) is 17.6. The zero-order valence-corrected chi connectivity index (χ0v) is 14.2. The standard InChI is InChI=1S/C19H13Cl2N3/c20-15-7-6-13(10-16(15)21)11-24-9-8-17-18(12-24)23-19(22-17)14-4-2-1-3-5-14/h1-10,12H,11H2. The Kier molecular flexibility index (Phi) is 3.97. The van der Waals surface area contributed by atoms with E-state index in [0.717, 1.165) is 28.3 Å². The van der Waals surface area contributed by atoms with Gasteiger partial charge in [-0.2, -0.15) is 0 Å². The van der Waals surface area contributed by atoms with E-state index in [9.17, 15) is 0 Å². The zero-order valence-electron chi connectivity index (χ0n) is 12.7. The van der Waals surface area contributed by atoms with Gasteiger partial charge in [-0.15, -0.1) is 0 Å². The van der Waals surface area contributed by atoms with E-state index in [1.165, 1.54) is 0 Å². The van der Waals surface area contributed by atoms with Crippen molar-refractivity contribution in [3.8, 4) is 22.8 Å². The molecule has 4 rings (SSSR count). The molecule has 0 spiro atoms. The van der Waals surface area contributed by atoms with Gasteiger partial charge in [0.25, 0.3) is 0 Å². The number of benzene rings is 2. The second kappa shape index (κ2) is 6.27. The van der Waals surface area contributed by atoms with E-state index >= 15 is 0 Å². The highest BCUT2D eigenvalue weighted by molar-refractivity contribution is 6.42. The van der Waals surface area contributed by atoms with E-state index in [-0.39, 0.29) is 0 Å². The van der Waals surface area contributed by atoms with Crippen LogP contribution in [0.25, 0.3) is 22.8 Å². The van der Waals surface area contributed by atoms with Crippen molar-refractivity contribution in [1.82, 2.24) is 14.5 Å². The van der Waals surface area contributed by atoms with Crippen molar-refractivity contribution in [2.45, 2.75) is 6.54 Å². The van der Waals surface area contributed by atoms with Crippen molar-refractivity contribution in [2.24, 2.45) is 0 Å². The first kappa shape index (κ1) is 15.2. The Bertz CT molecular complexity index is 964. The van der Waals surface area contributed by atoms with Gasteiger partial charge in [0.15, 0.2) is 5.82 Å². The second-order valence-electron chi connectivity index (χ2n) is 5.55. The van der Waals surface area contributed by atoms with Gasteiger partial charge in [-0.25, -0.2) is 9.97 Å². The molecule has 0 aliphatic carbocycles. The van der Waals surface area contributed by atoms with E-state index in [4.69, 9.17) is 23.2 Å². The summed E-state index contributed by atoms with van der Waals surface area (Å²) in [6.07, 6.45) is 3.99. The molecule has 0 aromatic heterocycles. The molecule has 2 aliphatic heterocycles. The predicted octanol–water partition coefficient (Wildman–Crippen LogP) is 5.41. The summed E-state index contributed by atoms with van der Waals surface area (Å²) in [5.74, 6) is 0.748. The molecule has 0 atom stereocenters. The van der Waals surface area contributed by atoms with Crippen LogP contribution in [-0.4, -0.2) is 14.5 Å². The van der Waals surface area contributed by atoms with Gasteiger partial charge in [-0.3, -0.25) is 0 Å². The van der Waals surface area contributed by atoms with E-state index in [0.29, 0.717) is 16.6 Å². The van der Waals surface area contributed by atoms with Crippen molar-refractivity contribution in [2.75, 3.05) is 0 Å². The summed E-state index contributed by atoms with van der Waals surface area (Å²) in [5, 5.41) is 1.13. The Morgan fingerprint density at radius 1 is 0.833 bits per heavy atom. The minimum absolute atomic E-state index is 0.565. The first-order valence-electron chi connectivity index (χ1n) is 7.52. The molecule has 0 radical (unpaired) electrons. The lowest BCUT2D eigenvalue weighted by Crippen LogP contribution is -2.00. The number of imidazole rings is 1. The minimum atomic E-state index is 0.565. The topological polar surface area (TPSA) is 30.7 Å². The van der Waals surface area contributed by atoms with Gasteiger partial charge in [-0.1, -0.05) is 59.6 Å². The highest BCUT2D eigenvalue weighted by Crippen LogP contribution is 2.26. The Morgan fingerprint density at radius 2 is 1.62 bits per heavy atom. The first-order chi connectivity index (χ1) is 11.7. The molecular formula is C19H13Cl2N3. The summed E-state index contributed by atoms with van der Waals surface area (Å²) in [5.41, 5.74) is 3.86. The summed E-state index contributed by atoms with van der Waals surface area (Å²) in [4.78, 5) is 9.23. The molecule has 2 heterocycles. The largest absolute Gasteiger partial charge is 0.348 e. The van der Waals surface area contributed by atoms with Crippen molar-refractivity contribution >= 4 is 23.2 Å². The van der Waals surface area contributed by atoms with E-state index in [1.807, 2.05) is 67.0 Å². The van der Waals surface area contributed by atoms with Crippen molar-refractivity contribution < 1.29 is 0 Å². The van der Waals surface area contributed by atoms with E-state index in [1.54, 1.807) is 0 Å². The fourth-order valence-corrected chi connectivity index (χ4v) is 2.94. The number of aromatic nitrogens is 3. The lowest BCUT2D eigenvalue weighted by Gasteiger charge is -2.08. The fraction of sp³-hybridized carbons (Fsp3) is 0.0526. The monoisotopic (exact) mass is 353 g/mol. The van der Waals surface area contributed by atoms with Crippen LogP contribution >= 0.6 is 23.2 Å². The van der Waals surface area contributed by atoms with Gasteiger partial charge >= 0.3 is 0 Å². The molecule has 5 heteroatoms. The fourth-order valence-electron chi connectivity index (χ4n) is 2.62. The third kappa shape index (κ3) is 3.01. The smallest absolute Gasteiger partial charge is 0.160 e. The quantitative estimate of drug-likeness (QED) is 0.493. The van der Waals surface area contributed by atoms with Crippen LogP contribution in [-0.2, 0) is 6.54 Å². The average Bonchev–Trinajstić information content (AvgIpc) is 3.02. The Balaban J connectivity index is 1.66. The maximum atomic E-state index is 6.08. The van der Waals surface area contributed by atoms with Gasteiger partial charge in [0, 0.05) is 24.5 Å². The molecular weight excluding hydrogens is 341 g/mol. The molecule has 2 aliphatic rings. The average molecular weight is 354 g/mol. The second-order valence-corrected chi connectivity index (χ2v) is 6.36. The van der Waals surface area contributed by atoms with Gasteiger partial charge in [0.2, 0.25) is 0 Å². The molecule has 0 bridgehead atoms. The molecule has 0 amide bonds. The summed E-state index contributed by atoms with van der Waals surface area (Å²) < 4.78 is 2.06. The maximum absolute atomic E-state index is 6.08. The molecule has 118 valence electrons. The predicted molar refractivity (Wildman–Crippen MR) is 97.6 cm³/mol. The van der Waals surface area contributed by atoms with Crippen LogP contribution in [0, 0.1) is 0 Å². The number of pyridine rings is 1. The SMILES string of the molecule is Clc1ccc(Cn2ccc3nc(-c4ccccc4)nc-3c2)cc1Cl. The minimum Gasteiger partial charge on any atom is -0.348 e. The van der Waals surface area contributed by atoms with E-state index < -0.39 is 0 Å². The van der Waals surface area contributed by atoms with Gasteiger partial charge in [-0.05, 0) is 23.8 Å². The Labute approximate surface area is 149 Å². The molecule has 24 heavy (non-hydrogen) atoms. The molecule has 0 fully saturated rings. The summed E-state index contributed by atoms with van der Waals surface area (Å²) in [6.45, 7) is 0.695. The molecule has 0 N–H and O–H groups in total. The Hall–Kier alpha value is -2.36. The zero-order chi connectivity index (χ0) is 16.5. The van der Waals surface area contributed by atoms with Crippen LogP contribution in [0.2, 0.25) is 10.0 Å². The molecule has 0 saturated carbocycles. The number of nitrogens with zero attached hydrogens (tertiary/aromatic N) is 3. The maximum Gasteiger partial charge on any atom is 0.160 e. The van der Waals surface area contributed by atoms with Crippen LogP contribution < -0.4 is 0 Å². The number of hydrogen-bond donors (Lipinski definition) is 0. The highest BCUT2D eigenvalue weighted by Gasteiger charge is 2.12. The third-order valence-electron chi connectivity index (χ3n) is 3.81. The van der Waals surface area contributed by atoms with Crippen LogP contribution in [0.1, 0.15) is 5.56 Å². The van der Waals surface area contributed by atoms with Crippen LogP contribution in [0.4, 0.5) is 0 Å². The van der Waals surface area contributed by atoms with Crippen molar-refractivity contribution in [3.63, 3.8) is 0 Å². The summed E-state index contributed by atoms with van der Waals surface area (Å²) in [7, 11) is 0. The lowest BCUT2D eigenvalue weighted by molar-refractivity contribution is 0.789. The van der Waals surface area contributed by atoms with Gasteiger partial charge in [0.1, 0.15) is 5.69 Å². The highest BCUT2D eigenvalue weighted by atomic mass is 35.5. The molecule has 0 saturated heterocycles. The van der Waals surface area contributed by atoms with Crippen LogP contribution in [0.3, 0.4) is 0 Å². The number of halogens is 2. The van der Waals surface area contributed by atoms with E-state index in [2.05, 4.69) is 14.5 Å². The van der Waals surface area contributed by atoms with Crippen LogP contribution in [0.5, 0.6) is 0 Å². The Morgan fingerprint density at radius 3 is 2.42 bits per heavy atom. The molecule has 0 unspecified atom stereocenters. The number of rotatable bonds is 3. The van der Waals surface area contributed by atoms with Gasteiger partial charge in [0.05, 0.1) is 15.7 Å². The summed E-state index contributed by atoms with van der Waals surface area (Å²) >= 11 is 12.0. The van der Waals surface area contributed by atoms with Crippen LogP contribution in [0.15, 0.2) is 67.0 Å². The lowest BCUT2D eigenvalue weighted by atomic mass is 10.2. The van der Waals surface area contributed by atoms with Gasteiger partial charge < -0.3 is 4.57 Å². The number of fused-ring (bicyclic) bond motifs is 1. The molecule has 2 aromatic carbocycles. The normalized spacial score (nSPS) is 11.1. The number of hydrogen-bond acceptors (Lipinski definition) is 2. The van der Waals surface area contributed by atoms with Crippen molar-refractivity contribution in [3.05, 3.63) is 82.6 Å². The van der Waals surface area contributed by atoms with Crippen molar-refractivity contribution in [1.29, 1.82) is 0 Å². The third-order valence-corrected chi connectivity index (χ3v) is 4.55. The molecule has 2 aromatic rings. The first-order valence-corrected chi connectivity index (χ1v) is 8.27. The molecule has 3 nitrogen and oxygen atoms in total.